The second-order valence-corrected chi connectivity index (χ2v) is 8.03. The van der Waals surface area contributed by atoms with E-state index in [-0.39, 0.29) is 0 Å². The first-order valence-electron chi connectivity index (χ1n) is 10.3. The fraction of sp³-hybridized carbons (Fsp3) is 0.167. The first kappa shape index (κ1) is 21.6. The van der Waals surface area contributed by atoms with Crippen molar-refractivity contribution in [1.82, 2.24) is 24.5 Å². The van der Waals surface area contributed by atoms with Gasteiger partial charge in [0.05, 0.1) is 46.9 Å². The summed E-state index contributed by atoms with van der Waals surface area (Å²) < 4.78 is 20.5. The molecule has 0 spiro atoms. The number of nitrogens with zero attached hydrogens (tertiary/aromatic N) is 6. The Morgan fingerprint density at radius 3 is 2.53 bits per heavy atom. The van der Waals surface area contributed by atoms with Gasteiger partial charge in [-0.2, -0.15) is 5.26 Å². The molecule has 9 nitrogen and oxygen atoms in total. The van der Waals surface area contributed by atoms with Gasteiger partial charge in [-0.05, 0) is 23.8 Å². The molecule has 0 bridgehead atoms. The van der Waals surface area contributed by atoms with Crippen LogP contribution in [0.25, 0.3) is 27.8 Å². The molecule has 0 aliphatic heterocycles. The second-order valence-electron chi connectivity index (χ2n) is 7.59. The lowest BCUT2D eigenvalue weighted by atomic mass is 10.1. The van der Waals surface area contributed by atoms with Crippen LogP contribution in [0.3, 0.4) is 0 Å². The highest BCUT2D eigenvalue weighted by Crippen LogP contribution is 2.35. The van der Waals surface area contributed by atoms with Crippen molar-refractivity contribution in [2.45, 2.75) is 11.5 Å². The average molecular weight is 473 g/mol. The SMILES string of the molecule is COc1cc2ncn(-c3cc(C#N)c(S)c(OCc4ccc5nnn(C)c5c4)c3)c2cc1OC. The summed E-state index contributed by atoms with van der Waals surface area (Å²) in [7, 11) is 5.00. The van der Waals surface area contributed by atoms with Crippen molar-refractivity contribution >= 4 is 34.7 Å². The van der Waals surface area contributed by atoms with Crippen LogP contribution in [-0.4, -0.2) is 38.8 Å². The minimum atomic E-state index is 0.290. The Kier molecular flexibility index (Phi) is 5.47. The lowest BCUT2D eigenvalue weighted by Gasteiger charge is -2.14. The molecule has 0 aliphatic carbocycles. The Hall–Kier alpha value is -4.23. The molecule has 170 valence electrons. The molecular weight excluding hydrogens is 452 g/mol. The number of thiol groups is 1. The van der Waals surface area contributed by atoms with Crippen molar-refractivity contribution in [3.05, 3.63) is 59.9 Å². The topological polar surface area (TPSA) is 100 Å². The Morgan fingerprint density at radius 1 is 0.971 bits per heavy atom. The molecule has 3 aromatic carbocycles. The van der Waals surface area contributed by atoms with Crippen LogP contribution < -0.4 is 14.2 Å². The molecule has 2 heterocycles. The predicted octanol–water partition coefficient (Wildman–Crippen LogP) is 4.06. The van der Waals surface area contributed by atoms with Crippen LogP contribution in [0.4, 0.5) is 0 Å². The number of ether oxygens (including phenoxy) is 3. The minimum Gasteiger partial charge on any atom is -0.493 e. The maximum Gasteiger partial charge on any atom is 0.163 e. The van der Waals surface area contributed by atoms with Crippen LogP contribution in [-0.2, 0) is 13.7 Å². The van der Waals surface area contributed by atoms with Gasteiger partial charge in [0.1, 0.15) is 30.3 Å². The molecule has 5 aromatic rings. The zero-order valence-electron chi connectivity index (χ0n) is 18.7. The Balaban J connectivity index is 1.53. The lowest BCUT2D eigenvalue weighted by molar-refractivity contribution is 0.299. The molecule has 0 radical (unpaired) electrons. The number of methoxy groups -OCH3 is 2. The summed E-state index contributed by atoms with van der Waals surface area (Å²) in [4.78, 5) is 4.95. The summed E-state index contributed by atoms with van der Waals surface area (Å²) in [5, 5.41) is 17.8. The first-order valence-corrected chi connectivity index (χ1v) is 10.7. The van der Waals surface area contributed by atoms with E-state index in [4.69, 9.17) is 14.2 Å². The lowest BCUT2D eigenvalue weighted by Crippen LogP contribution is -2.01. The third-order valence-corrected chi connectivity index (χ3v) is 6.04. The number of aromatic nitrogens is 5. The Bertz CT molecular complexity index is 1580. The summed E-state index contributed by atoms with van der Waals surface area (Å²) in [5.41, 5.74) is 5.30. The van der Waals surface area contributed by atoms with E-state index in [9.17, 15) is 5.26 Å². The van der Waals surface area contributed by atoms with Crippen molar-refractivity contribution in [2.24, 2.45) is 7.05 Å². The molecule has 0 fully saturated rings. The van der Waals surface area contributed by atoms with Crippen LogP contribution in [0.2, 0.25) is 0 Å². The van der Waals surface area contributed by atoms with Crippen molar-refractivity contribution in [3.63, 3.8) is 0 Å². The van der Waals surface area contributed by atoms with Gasteiger partial charge in [0, 0.05) is 25.2 Å². The number of rotatable bonds is 6. The third-order valence-electron chi connectivity index (χ3n) is 5.58. The minimum absolute atomic E-state index is 0.290. The van der Waals surface area contributed by atoms with E-state index in [0.717, 1.165) is 27.6 Å². The van der Waals surface area contributed by atoms with Crippen LogP contribution in [0.1, 0.15) is 11.1 Å². The fourth-order valence-corrected chi connectivity index (χ4v) is 4.04. The van der Waals surface area contributed by atoms with Crippen LogP contribution in [0.5, 0.6) is 17.2 Å². The third kappa shape index (κ3) is 3.66. The highest BCUT2D eigenvalue weighted by atomic mass is 32.1. The van der Waals surface area contributed by atoms with E-state index in [1.54, 1.807) is 31.3 Å². The van der Waals surface area contributed by atoms with Gasteiger partial charge in [0.15, 0.2) is 11.5 Å². The molecule has 0 atom stereocenters. The molecule has 0 amide bonds. The molecule has 0 N–H and O–H groups in total. The standard InChI is InChI=1S/C24H20N6O3S/c1-29-19-6-14(4-5-17(19)27-28-29)12-33-23-8-16(7-15(11-25)24(23)34)30-13-26-18-9-21(31-2)22(32-3)10-20(18)30/h4-10,13,34H,12H2,1-3H3. The fourth-order valence-electron chi connectivity index (χ4n) is 3.80. The summed E-state index contributed by atoms with van der Waals surface area (Å²) in [6, 6.07) is 15.3. The monoisotopic (exact) mass is 472 g/mol. The van der Waals surface area contributed by atoms with E-state index < -0.39 is 0 Å². The number of imidazole rings is 1. The first-order chi connectivity index (χ1) is 16.5. The zero-order valence-corrected chi connectivity index (χ0v) is 19.6. The Morgan fingerprint density at radius 2 is 1.76 bits per heavy atom. The zero-order chi connectivity index (χ0) is 23.8. The summed E-state index contributed by atoms with van der Waals surface area (Å²) >= 11 is 4.55. The van der Waals surface area contributed by atoms with E-state index in [1.807, 2.05) is 48.0 Å². The van der Waals surface area contributed by atoms with Crippen molar-refractivity contribution in [3.8, 4) is 29.0 Å². The highest BCUT2D eigenvalue weighted by Gasteiger charge is 2.15. The molecule has 2 aromatic heterocycles. The number of aryl methyl sites for hydroxylation is 1. The maximum absolute atomic E-state index is 9.71. The second kappa shape index (κ2) is 8.61. The van der Waals surface area contributed by atoms with Crippen LogP contribution >= 0.6 is 12.6 Å². The molecular formula is C24H20N6O3S. The van der Waals surface area contributed by atoms with Gasteiger partial charge in [0.2, 0.25) is 0 Å². The maximum atomic E-state index is 9.71. The predicted molar refractivity (Wildman–Crippen MR) is 129 cm³/mol. The van der Waals surface area contributed by atoms with Gasteiger partial charge in [-0.1, -0.05) is 11.3 Å². The number of hydrogen-bond donors (Lipinski definition) is 1. The van der Waals surface area contributed by atoms with Crippen LogP contribution in [0.15, 0.2) is 53.7 Å². The Labute approximate surface area is 200 Å². The van der Waals surface area contributed by atoms with Crippen molar-refractivity contribution < 1.29 is 14.2 Å². The van der Waals surface area contributed by atoms with Gasteiger partial charge in [-0.3, -0.25) is 4.57 Å². The van der Waals surface area contributed by atoms with E-state index in [2.05, 4.69) is 34.0 Å². The van der Waals surface area contributed by atoms with Gasteiger partial charge in [0.25, 0.3) is 0 Å². The number of hydrogen-bond acceptors (Lipinski definition) is 8. The number of nitriles is 1. The number of fused-ring (bicyclic) bond motifs is 2. The van der Waals surface area contributed by atoms with Gasteiger partial charge >= 0.3 is 0 Å². The van der Waals surface area contributed by atoms with Crippen molar-refractivity contribution in [2.75, 3.05) is 14.2 Å². The smallest absolute Gasteiger partial charge is 0.163 e. The summed E-state index contributed by atoms with van der Waals surface area (Å²) in [6.45, 7) is 0.290. The van der Waals surface area contributed by atoms with Gasteiger partial charge in [-0.25, -0.2) is 9.67 Å². The summed E-state index contributed by atoms with van der Waals surface area (Å²) in [5.74, 6) is 1.66. The van der Waals surface area contributed by atoms with E-state index in [1.165, 1.54) is 0 Å². The molecule has 0 unspecified atom stereocenters. The molecule has 0 aliphatic rings. The van der Waals surface area contributed by atoms with Gasteiger partial charge in [-0.15, -0.1) is 17.7 Å². The number of benzene rings is 3. The molecule has 0 saturated heterocycles. The highest BCUT2D eigenvalue weighted by molar-refractivity contribution is 7.80. The molecule has 0 saturated carbocycles. The quantitative estimate of drug-likeness (QED) is 0.372. The van der Waals surface area contributed by atoms with Crippen LogP contribution in [0, 0.1) is 11.3 Å². The normalized spacial score (nSPS) is 11.0. The molecule has 34 heavy (non-hydrogen) atoms. The van der Waals surface area contributed by atoms with Gasteiger partial charge < -0.3 is 14.2 Å². The largest absolute Gasteiger partial charge is 0.493 e. The molecule has 5 rings (SSSR count). The summed E-state index contributed by atoms with van der Waals surface area (Å²) in [6.07, 6.45) is 1.69. The average Bonchev–Trinajstić information content (AvgIpc) is 3.45. The van der Waals surface area contributed by atoms with Crippen molar-refractivity contribution in [1.29, 1.82) is 5.26 Å². The van der Waals surface area contributed by atoms with E-state index in [0.29, 0.717) is 40.0 Å². The molecule has 10 heteroatoms. The van der Waals surface area contributed by atoms with E-state index >= 15 is 0 Å².